The van der Waals surface area contributed by atoms with Gasteiger partial charge in [-0.25, -0.2) is 9.07 Å². The minimum absolute atomic E-state index is 0.0360. The van der Waals surface area contributed by atoms with Gasteiger partial charge in [-0.1, -0.05) is 66.7 Å². The highest BCUT2D eigenvalue weighted by molar-refractivity contribution is 6.10. The second kappa shape index (κ2) is 8.75. The van der Waals surface area contributed by atoms with E-state index in [0.29, 0.717) is 23.4 Å². The molecule has 0 saturated carbocycles. The zero-order valence-electron chi connectivity index (χ0n) is 16.9. The van der Waals surface area contributed by atoms with Crippen LogP contribution in [0.15, 0.2) is 89.7 Å². The van der Waals surface area contributed by atoms with E-state index in [0.717, 1.165) is 5.56 Å². The molecule has 0 aliphatic rings. The van der Waals surface area contributed by atoms with E-state index in [9.17, 15) is 14.0 Å². The lowest BCUT2D eigenvalue weighted by molar-refractivity contribution is 0.102. The molecule has 0 spiro atoms. The average molecular weight is 413 g/mol. The van der Waals surface area contributed by atoms with Crippen LogP contribution >= 0.6 is 0 Å². The molecule has 0 radical (unpaired) electrons. The molecule has 3 aromatic carbocycles. The molecule has 1 N–H and O–H groups in total. The Bertz CT molecular complexity index is 1290. The lowest BCUT2D eigenvalue weighted by Crippen LogP contribution is -2.32. The number of nitrogens with zero attached hydrogens (tertiary/aromatic N) is 2. The topological polar surface area (TPSA) is 64.0 Å². The first-order chi connectivity index (χ1) is 15.1. The molecule has 0 atom stereocenters. The van der Waals surface area contributed by atoms with E-state index in [-0.39, 0.29) is 11.3 Å². The summed E-state index contributed by atoms with van der Waals surface area (Å²) in [5.74, 6) is -1.09. The van der Waals surface area contributed by atoms with Gasteiger partial charge in [0.05, 0.1) is 5.69 Å². The number of carbonyl (C=O) groups excluding carboxylic acids is 1. The van der Waals surface area contributed by atoms with Crippen molar-refractivity contribution in [2.45, 2.75) is 13.5 Å². The van der Waals surface area contributed by atoms with E-state index < -0.39 is 17.3 Å². The molecule has 5 nitrogen and oxygen atoms in total. The number of aromatic nitrogens is 2. The zero-order chi connectivity index (χ0) is 21.8. The van der Waals surface area contributed by atoms with Crippen LogP contribution in [0, 0.1) is 5.82 Å². The van der Waals surface area contributed by atoms with E-state index in [1.54, 1.807) is 13.0 Å². The first kappa shape index (κ1) is 20.2. The van der Waals surface area contributed by atoms with Crippen LogP contribution in [0.25, 0.3) is 22.4 Å². The number of hydrogen-bond acceptors (Lipinski definition) is 3. The predicted octanol–water partition coefficient (Wildman–Crippen LogP) is 4.99. The Kier molecular flexibility index (Phi) is 5.71. The summed E-state index contributed by atoms with van der Waals surface area (Å²) >= 11 is 0. The zero-order valence-corrected chi connectivity index (χ0v) is 16.9. The second-order valence-corrected chi connectivity index (χ2v) is 6.92. The van der Waals surface area contributed by atoms with Gasteiger partial charge in [0.15, 0.2) is 0 Å². The molecule has 0 saturated heterocycles. The summed E-state index contributed by atoms with van der Waals surface area (Å²) in [6.45, 7) is 2.09. The maximum atomic E-state index is 13.6. The fourth-order valence-electron chi connectivity index (χ4n) is 3.44. The van der Waals surface area contributed by atoms with Crippen LogP contribution in [0.1, 0.15) is 17.3 Å². The van der Waals surface area contributed by atoms with Gasteiger partial charge in [0.25, 0.3) is 11.5 Å². The van der Waals surface area contributed by atoms with Gasteiger partial charge < -0.3 is 5.32 Å². The van der Waals surface area contributed by atoms with Crippen molar-refractivity contribution in [2.24, 2.45) is 0 Å². The maximum absolute atomic E-state index is 13.6. The van der Waals surface area contributed by atoms with Crippen LogP contribution in [-0.4, -0.2) is 15.7 Å². The number of nitrogens with one attached hydrogen (secondary N) is 1. The number of hydrogen-bond donors (Lipinski definition) is 1. The summed E-state index contributed by atoms with van der Waals surface area (Å²) in [4.78, 5) is 26.6. The van der Waals surface area contributed by atoms with Crippen molar-refractivity contribution in [1.82, 2.24) is 9.78 Å². The van der Waals surface area contributed by atoms with Crippen molar-refractivity contribution in [2.75, 3.05) is 5.32 Å². The number of aryl methyl sites for hydroxylation is 1. The smallest absolute Gasteiger partial charge is 0.280 e. The molecule has 1 heterocycles. The van der Waals surface area contributed by atoms with Gasteiger partial charge in [0.1, 0.15) is 11.4 Å². The summed E-state index contributed by atoms with van der Waals surface area (Å²) in [6, 6.07) is 24.2. The van der Waals surface area contributed by atoms with Crippen LogP contribution in [-0.2, 0) is 6.54 Å². The summed E-state index contributed by atoms with van der Waals surface area (Å²) in [5.41, 5.74) is 2.17. The van der Waals surface area contributed by atoms with Gasteiger partial charge in [-0.3, -0.25) is 9.59 Å². The van der Waals surface area contributed by atoms with Crippen molar-refractivity contribution >= 4 is 11.6 Å². The molecule has 0 bridgehead atoms. The molecule has 4 rings (SSSR count). The minimum atomic E-state index is -0.615. The molecule has 1 aromatic heterocycles. The Morgan fingerprint density at radius 3 is 2.19 bits per heavy atom. The van der Waals surface area contributed by atoms with Crippen LogP contribution < -0.4 is 10.9 Å². The molecule has 0 aliphatic heterocycles. The van der Waals surface area contributed by atoms with Crippen molar-refractivity contribution in [1.29, 1.82) is 0 Å². The monoisotopic (exact) mass is 413 g/mol. The fourth-order valence-corrected chi connectivity index (χ4v) is 3.44. The van der Waals surface area contributed by atoms with Crippen LogP contribution in [0.3, 0.4) is 0 Å². The minimum Gasteiger partial charge on any atom is -0.322 e. The van der Waals surface area contributed by atoms with Crippen molar-refractivity contribution < 1.29 is 9.18 Å². The van der Waals surface area contributed by atoms with Crippen LogP contribution in [0.4, 0.5) is 10.1 Å². The van der Waals surface area contributed by atoms with Crippen molar-refractivity contribution in [3.05, 3.63) is 107 Å². The van der Waals surface area contributed by atoms with Gasteiger partial charge >= 0.3 is 0 Å². The quantitative estimate of drug-likeness (QED) is 0.501. The fraction of sp³-hybridized carbons (Fsp3) is 0.0800. The third-order valence-electron chi connectivity index (χ3n) is 4.87. The molecule has 31 heavy (non-hydrogen) atoms. The summed E-state index contributed by atoms with van der Waals surface area (Å²) in [5, 5.41) is 7.23. The summed E-state index contributed by atoms with van der Waals surface area (Å²) in [7, 11) is 0. The lowest BCUT2D eigenvalue weighted by Gasteiger charge is -2.17. The Morgan fingerprint density at radius 1 is 0.935 bits per heavy atom. The Morgan fingerprint density at radius 2 is 1.58 bits per heavy atom. The molecular weight excluding hydrogens is 393 g/mol. The molecule has 1 amide bonds. The van der Waals surface area contributed by atoms with Gasteiger partial charge in [0.2, 0.25) is 0 Å². The molecular formula is C25H20FN3O2. The van der Waals surface area contributed by atoms with Crippen molar-refractivity contribution in [3.63, 3.8) is 0 Å². The average Bonchev–Trinajstić information content (AvgIpc) is 2.79. The normalized spacial score (nSPS) is 10.6. The highest BCUT2D eigenvalue weighted by atomic mass is 19.1. The van der Waals surface area contributed by atoms with E-state index in [2.05, 4.69) is 10.4 Å². The molecule has 0 aliphatic carbocycles. The SMILES string of the molecule is CCn1nc(-c2ccccc2)c(-c2ccccc2)c(C(=O)Nc2cccc(F)c2)c1=O. The van der Waals surface area contributed by atoms with E-state index in [1.807, 2.05) is 60.7 Å². The Hall–Kier alpha value is -4.06. The highest BCUT2D eigenvalue weighted by Gasteiger charge is 2.25. The van der Waals surface area contributed by atoms with E-state index in [1.165, 1.54) is 22.9 Å². The highest BCUT2D eigenvalue weighted by Crippen LogP contribution is 2.32. The molecule has 4 aromatic rings. The van der Waals surface area contributed by atoms with E-state index >= 15 is 0 Å². The number of benzene rings is 3. The van der Waals surface area contributed by atoms with Crippen LogP contribution in [0.2, 0.25) is 0 Å². The van der Waals surface area contributed by atoms with Crippen molar-refractivity contribution in [3.8, 4) is 22.4 Å². The Balaban J connectivity index is 1.98. The van der Waals surface area contributed by atoms with Gasteiger partial charge in [-0.15, -0.1) is 0 Å². The standard InChI is InChI=1S/C25H20FN3O2/c1-2-29-25(31)22(24(30)27-20-15-9-14-19(26)16-20)21(17-10-5-3-6-11-17)23(28-29)18-12-7-4-8-13-18/h3-16H,2H2,1H3,(H,27,30). The largest absolute Gasteiger partial charge is 0.322 e. The molecule has 0 unspecified atom stereocenters. The number of halogens is 1. The number of anilines is 1. The molecule has 0 fully saturated rings. The third-order valence-corrected chi connectivity index (χ3v) is 4.87. The predicted molar refractivity (Wildman–Crippen MR) is 119 cm³/mol. The van der Waals surface area contributed by atoms with Gasteiger partial charge in [-0.2, -0.15) is 5.10 Å². The van der Waals surface area contributed by atoms with Gasteiger partial charge in [0, 0.05) is 23.4 Å². The molecule has 6 heteroatoms. The summed E-state index contributed by atoms with van der Waals surface area (Å²) in [6.07, 6.45) is 0. The van der Waals surface area contributed by atoms with E-state index in [4.69, 9.17) is 0 Å². The number of carbonyl (C=O) groups is 1. The number of rotatable bonds is 5. The first-order valence-electron chi connectivity index (χ1n) is 9.91. The number of amides is 1. The third kappa shape index (κ3) is 4.14. The second-order valence-electron chi connectivity index (χ2n) is 6.92. The van der Waals surface area contributed by atoms with Crippen LogP contribution in [0.5, 0.6) is 0 Å². The first-order valence-corrected chi connectivity index (χ1v) is 9.91. The summed E-state index contributed by atoms with van der Waals surface area (Å²) < 4.78 is 14.9. The Labute approximate surface area is 178 Å². The maximum Gasteiger partial charge on any atom is 0.280 e. The van der Waals surface area contributed by atoms with Gasteiger partial charge in [-0.05, 0) is 30.7 Å². The lowest BCUT2D eigenvalue weighted by atomic mass is 9.95. The molecule has 154 valence electrons.